The largest absolute Gasteiger partial charge is 0.505 e. The van der Waals surface area contributed by atoms with Gasteiger partial charge in [-0.3, -0.25) is 4.79 Å². The number of halogens is 1. The molecule has 1 amide bonds. The summed E-state index contributed by atoms with van der Waals surface area (Å²) in [5.41, 5.74) is 0.657. The molecule has 1 unspecified atom stereocenters. The second-order valence-electron chi connectivity index (χ2n) is 5.03. The molecule has 0 aliphatic heterocycles. The van der Waals surface area contributed by atoms with E-state index in [0.717, 1.165) is 5.56 Å². The molecule has 8 heteroatoms. The van der Waals surface area contributed by atoms with E-state index in [2.05, 4.69) is 20.4 Å². The van der Waals surface area contributed by atoms with Crippen LogP contribution in [-0.2, 0) is 0 Å². The number of carbonyl (C=O) groups is 1. The number of benzene rings is 1. The van der Waals surface area contributed by atoms with Gasteiger partial charge in [-0.1, -0.05) is 16.8 Å². The molecule has 0 bridgehead atoms. The van der Waals surface area contributed by atoms with Crippen molar-refractivity contribution in [1.29, 1.82) is 0 Å². The quantitative estimate of drug-likeness (QED) is 0.754. The van der Waals surface area contributed by atoms with Crippen LogP contribution in [0.25, 0.3) is 11.5 Å². The van der Waals surface area contributed by atoms with Crippen molar-refractivity contribution in [2.24, 2.45) is 0 Å². The zero-order chi connectivity index (χ0) is 17.1. The highest BCUT2D eigenvalue weighted by atomic mass is 35.5. The minimum Gasteiger partial charge on any atom is -0.505 e. The van der Waals surface area contributed by atoms with Crippen molar-refractivity contribution in [2.75, 3.05) is 0 Å². The summed E-state index contributed by atoms with van der Waals surface area (Å²) in [5.74, 6) is -0.0946. The van der Waals surface area contributed by atoms with Gasteiger partial charge < -0.3 is 14.9 Å². The third-order valence-corrected chi connectivity index (χ3v) is 3.52. The molecule has 0 saturated carbocycles. The highest BCUT2D eigenvalue weighted by Gasteiger charge is 2.20. The number of aromatic hydroxyl groups is 1. The number of aromatic nitrogens is 3. The van der Waals surface area contributed by atoms with E-state index in [1.54, 1.807) is 31.2 Å². The third-order valence-electron chi connectivity index (χ3n) is 3.27. The summed E-state index contributed by atoms with van der Waals surface area (Å²) in [6.45, 7) is 1.70. The molecular formula is C16H13ClN4O3. The van der Waals surface area contributed by atoms with Crippen LogP contribution in [0, 0.1) is 0 Å². The van der Waals surface area contributed by atoms with Gasteiger partial charge in [-0.05, 0) is 43.3 Å². The van der Waals surface area contributed by atoms with Crippen molar-refractivity contribution in [1.82, 2.24) is 20.4 Å². The van der Waals surface area contributed by atoms with Gasteiger partial charge in [0.05, 0.1) is 6.04 Å². The van der Waals surface area contributed by atoms with Crippen LogP contribution < -0.4 is 5.32 Å². The number of hydrogen-bond acceptors (Lipinski definition) is 6. The Labute approximate surface area is 142 Å². The first kappa shape index (κ1) is 15.9. The van der Waals surface area contributed by atoms with Crippen LogP contribution in [0.4, 0.5) is 0 Å². The number of carbonyl (C=O) groups excluding carboxylic acids is 1. The fourth-order valence-corrected chi connectivity index (χ4v) is 2.15. The molecule has 0 fully saturated rings. The van der Waals surface area contributed by atoms with Gasteiger partial charge in [-0.2, -0.15) is 4.98 Å². The molecule has 0 aliphatic rings. The van der Waals surface area contributed by atoms with Gasteiger partial charge in [0.25, 0.3) is 11.8 Å². The van der Waals surface area contributed by atoms with E-state index in [-0.39, 0.29) is 11.4 Å². The van der Waals surface area contributed by atoms with Crippen molar-refractivity contribution < 1.29 is 14.4 Å². The molecule has 2 N–H and O–H groups in total. The molecule has 1 atom stereocenters. The molecule has 3 aromatic rings. The molecule has 7 nitrogen and oxygen atoms in total. The summed E-state index contributed by atoms with van der Waals surface area (Å²) in [6, 6.07) is 9.35. The number of hydrogen-bond donors (Lipinski definition) is 2. The van der Waals surface area contributed by atoms with E-state index in [1.807, 2.05) is 0 Å². The van der Waals surface area contributed by atoms with E-state index >= 15 is 0 Å². The predicted molar refractivity (Wildman–Crippen MR) is 86.5 cm³/mol. The summed E-state index contributed by atoms with van der Waals surface area (Å²) >= 11 is 5.84. The van der Waals surface area contributed by atoms with Gasteiger partial charge in [-0.15, -0.1) is 0 Å². The first-order valence-corrected chi connectivity index (χ1v) is 7.47. The molecule has 0 radical (unpaired) electrons. The summed E-state index contributed by atoms with van der Waals surface area (Å²) in [4.78, 5) is 20.2. The van der Waals surface area contributed by atoms with Gasteiger partial charge in [0.1, 0.15) is 5.75 Å². The Kier molecular flexibility index (Phi) is 4.43. The molecule has 2 aromatic heterocycles. The minimum atomic E-state index is -0.529. The van der Waals surface area contributed by atoms with Crippen molar-refractivity contribution in [3.05, 3.63) is 59.1 Å². The number of amides is 1. The third kappa shape index (κ3) is 3.36. The normalized spacial score (nSPS) is 11.9. The lowest BCUT2D eigenvalue weighted by Gasteiger charge is -2.09. The lowest BCUT2D eigenvalue weighted by Crippen LogP contribution is -2.28. The van der Waals surface area contributed by atoms with Gasteiger partial charge in [0.2, 0.25) is 0 Å². The zero-order valence-corrected chi connectivity index (χ0v) is 13.4. The summed E-state index contributed by atoms with van der Waals surface area (Å²) in [5, 5.41) is 16.8. The maximum Gasteiger partial charge on any atom is 0.274 e. The van der Waals surface area contributed by atoms with E-state index in [9.17, 15) is 9.90 Å². The maximum absolute atomic E-state index is 12.1. The average Bonchev–Trinajstić information content (AvgIpc) is 3.06. The molecule has 0 saturated heterocycles. The maximum atomic E-state index is 12.1. The zero-order valence-electron chi connectivity index (χ0n) is 12.6. The van der Waals surface area contributed by atoms with Crippen LogP contribution in [0.15, 0.2) is 47.1 Å². The van der Waals surface area contributed by atoms with Crippen molar-refractivity contribution in [3.8, 4) is 17.2 Å². The van der Waals surface area contributed by atoms with E-state index in [0.29, 0.717) is 16.7 Å². The Hall–Kier alpha value is -2.93. The predicted octanol–water partition coefficient (Wildman–Crippen LogP) is 2.98. The Morgan fingerprint density at radius 1 is 1.29 bits per heavy atom. The summed E-state index contributed by atoms with van der Waals surface area (Å²) in [7, 11) is 0. The summed E-state index contributed by atoms with van der Waals surface area (Å²) in [6.07, 6.45) is 1.42. The molecule has 122 valence electrons. The fourth-order valence-electron chi connectivity index (χ4n) is 2.02. The molecule has 2 heterocycles. The fraction of sp³-hybridized carbons (Fsp3) is 0.125. The van der Waals surface area contributed by atoms with Crippen molar-refractivity contribution >= 4 is 17.5 Å². The highest BCUT2D eigenvalue weighted by Crippen LogP contribution is 2.21. The van der Waals surface area contributed by atoms with Crippen LogP contribution >= 0.6 is 11.6 Å². The molecular weight excluding hydrogens is 332 g/mol. The van der Waals surface area contributed by atoms with Gasteiger partial charge >= 0.3 is 0 Å². The lowest BCUT2D eigenvalue weighted by atomic mass is 10.2. The van der Waals surface area contributed by atoms with Gasteiger partial charge in [0, 0.05) is 16.8 Å². The summed E-state index contributed by atoms with van der Waals surface area (Å²) < 4.78 is 5.20. The van der Waals surface area contributed by atoms with E-state index < -0.39 is 11.9 Å². The SMILES string of the molecule is CC(NC(=O)c1ncccc1O)c1noc(-c2ccc(Cl)cc2)n1. The Morgan fingerprint density at radius 3 is 2.75 bits per heavy atom. The van der Waals surface area contributed by atoms with Crippen LogP contribution in [0.1, 0.15) is 29.3 Å². The second kappa shape index (κ2) is 6.67. The van der Waals surface area contributed by atoms with Crippen LogP contribution in [-0.4, -0.2) is 26.1 Å². The van der Waals surface area contributed by atoms with Crippen molar-refractivity contribution in [2.45, 2.75) is 13.0 Å². The number of nitrogens with one attached hydrogen (secondary N) is 1. The number of nitrogens with zero attached hydrogens (tertiary/aromatic N) is 3. The first-order valence-electron chi connectivity index (χ1n) is 7.09. The average molecular weight is 345 g/mol. The van der Waals surface area contributed by atoms with Crippen LogP contribution in [0.3, 0.4) is 0 Å². The van der Waals surface area contributed by atoms with Crippen molar-refractivity contribution in [3.63, 3.8) is 0 Å². The Morgan fingerprint density at radius 2 is 2.04 bits per heavy atom. The van der Waals surface area contributed by atoms with E-state index in [4.69, 9.17) is 16.1 Å². The van der Waals surface area contributed by atoms with Crippen LogP contribution in [0.5, 0.6) is 5.75 Å². The van der Waals surface area contributed by atoms with Gasteiger partial charge in [0.15, 0.2) is 11.5 Å². The standard InChI is InChI=1S/C16H13ClN4O3/c1-9(19-15(23)13-12(22)3-2-8-18-13)14-20-16(24-21-14)10-4-6-11(17)7-5-10/h2-9,22H,1H3,(H,19,23). The highest BCUT2D eigenvalue weighted by molar-refractivity contribution is 6.30. The Bertz CT molecular complexity index is 864. The number of rotatable bonds is 4. The molecule has 1 aromatic carbocycles. The first-order chi connectivity index (χ1) is 11.5. The smallest absolute Gasteiger partial charge is 0.274 e. The molecule has 0 aliphatic carbocycles. The van der Waals surface area contributed by atoms with Crippen LogP contribution in [0.2, 0.25) is 5.02 Å². The Balaban J connectivity index is 1.74. The second-order valence-corrected chi connectivity index (χ2v) is 5.47. The molecule has 3 rings (SSSR count). The van der Waals surface area contributed by atoms with E-state index in [1.165, 1.54) is 18.3 Å². The minimum absolute atomic E-state index is 0.0641. The topological polar surface area (TPSA) is 101 Å². The lowest BCUT2D eigenvalue weighted by molar-refractivity contribution is 0.0930. The monoisotopic (exact) mass is 344 g/mol. The number of pyridine rings is 1. The molecule has 0 spiro atoms. The van der Waals surface area contributed by atoms with Gasteiger partial charge in [-0.25, -0.2) is 4.98 Å². The molecule has 24 heavy (non-hydrogen) atoms.